The van der Waals surface area contributed by atoms with E-state index in [9.17, 15) is 25.0 Å². The van der Waals surface area contributed by atoms with Gasteiger partial charge in [-0.25, -0.2) is 4.57 Å². The second-order valence-corrected chi connectivity index (χ2v) is 6.74. The molecule has 0 amide bonds. The zero-order chi connectivity index (χ0) is 18.1. The second-order valence-electron chi connectivity index (χ2n) is 5.43. The van der Waals surface area contributed by atoms with Crippen LogP contribution in [-0.2, 0) is 10.4 Å². The summed E-state index contributed by atoms with van der Waals surface area (Å²) >= 11 is 0. The third-order valence-electron chi connectivity index (χ3n) is 3.64. The van der Waals surface area contributed by atoms with E-state index in [0.29, 0.717) is 5.56 Å². The number of benzene rings is 2. The van der Waals surface area contributed by atoms with Gasteiger partial charge in [-0.1, -0.05) is 19.1 Å². The van der Waals surface area contributed by atoms with E-state index in [-0.39, 0.29) is 22.7 Å². The Hall–Kier alpha value is -2.09. The molecule has 0 aliphatic carbocycles. The van der Waals surface area contributed by atoms with Gasteiger partial charge in [-0.05, 0) is 29.8 Å². The van der Waals surface area contributed by atoms with Crippen LogP contribution in [0.15, 0.2) is 42.5 Å². The van der Waals surface area contributed by atoms with Gasteiger partial charge in [0.15, 0.2) is 5.79 Å². The van der Waals surface area contributed by atoms with Crippen molar-refractivity contribution in [2.24, 2.45) is 0 Å². The van der Waals surface area contributed by atoms with E-state index in [1.807, 2.05) is 5.09 Å². The molecular weight excluding hydrogens is 337 g/mol. The predicted molar refractivity (Wildman–Crippen MR) is 86.4 cm³/mol. The van der Waals surface area contributed by atoms with Gasteiger partial charge in [0.1, 0.15) is 11.5 Å². The summed E-state index contributed by atoms with van der Waals surface area (Å²) in [4.78, 5) is 18.1. The number of phenolic OH excluding ortho intramolecular Hbond substituents is 2. The summed E-state index contributed by atoms with van der Waals surface area (Å²) in [6.07, 6.45) is 0. The Bertz CT molecular complexity index is 787. The normalized spacial score (nSPS) is 13.5. The maximum atomic E-state index is 11.2. The number of aliphatic hydroxyl groups is 2. The molecule has 0 bridgehead atoms. The zero-order valence-electron chi connectivity index (χ0n) is 12.7. The lowest BCUT2D eigenvalue weighted by Crippen LogP contribution is -2.32. The first kappa shape index (κ1) is 18.3. The number of hydrogen-bond acceptors (Lipinski definition) is 5. The Morgan fingerprint density at radius 2 is 1.67 bits per heavy atom. The summed E-state index contributed by atoms with van der Waals surface area (Å²) in [7, 11) is -4.74. The second kappa shape index (κ2) is 6.43. The summed E-state index contributed by atoms with van der Waals surface area (Å²) in [5, 5.41) is 42.0. The highest BCUT2D eigenvalue weighted by Gasteiger charge is 2.37. The van der Waals surface area contributed by atoms with Gasteiger partial charge in [0, 0.05) is 17.5 Å². The first-order chi connectivity index (χ1) is 11.0. The van der Waals surface area contributed by atoms with Crippen molar-refractivity contribution in [1.82, 2.24) is 0 Å². The van der Waals surface area contributed by atoms with Crippen molar-refractivity contribution in [1.29, 1.82) is 0 Å². The number of phenols is 2. The average molecular weight is 355 g/mol. The molecule has 1 atom stereocenters. The predicted octanol–water partition coefficient (Wildman–Crippen LogP) is 1.54. The Labute approximate surface area is 137 Å². The lowest BCUT2D eigenvalue weighted by Gasteiger charge is -2.31. The van der Waals surface area contributed by atoms with Crippen LogP contribution in [0.25, 0.3) is 0 Å². The number of nitrogens with one attached hydrogen (secondary N) is 1. The highest BCUT2D eigenvalue weighted by molar-refractivity contribution is 7.53. The van der Waals surface area contributed by atoms with Gasteiger partial charge in [-0.3, -0.25) is 5.09 Å². The fourth-order valence-corrected chi connectivity index (χ4v) is 2.86. The summed E-state index contributed by atoms with van der Waals surface area (Å²) in [5.74, 6) is -3.85. The third-order valence-corrected chi connectivity index (χ3v) is 4.17. The molecule has 0 fully saturated rings. The minimum atomic E-state index is -4.74. The van der Waals surface area contributed by atoms with E-state index < -0.39 is 19.5 Å². The van der Waals surface area contributed by atoms with Crippen LogP contribution in [0.4, 0.5) is 5.69 Å². The molecule has 0 spiro atoms. The summed E-state index contributed by atoms with van der Waals surface area (Å²) in [5.41, 5.74) is -0.157. The molecule has 0 heterocycles. The van der Waals surface area contributed by atoms with E-state index in [2.05, 4.69) is 0 Å². The van der Waals surface area contributed by atoms with Crippen LogP contribution in [-0.4, -0.2) is 30.2 Å². The molecule has 0 aliphatic rings. The minimum Gasteiger partial charge on any atom is -0.508 e. The van der Waals surface area contributed by atoms with Gasteiger partial charge in [0.05, 0.1) is 5.69 Å². The fraction of sp³-hybridized carbons (Fsp3) is 0.200. The average Bonchev–Trinajstić information content (AvgIpc) is 2.44. The highest BCUT2D eigenvalue weighted by atomic mass is 31.2. The molecule has 0 saturated heterocycles. The molecular formula is C15H18NO7P. The van der Waals surface area contributed by atoms with Gasteiger partial charge < -0.3 is 30.2 Å². The summed E-state index contributed by atoms with van der Waals surface area (Å²) in [6, 6.07) is 9.16. The summed E-state index contributed by atoms with van der Waals surface area (Å²) < 4.78 is 11.2. The molecule has 130 valence electrons. The lowest BCUT2D eigenvalue weighted by atomic mass is 9.86. The van der Waals surface area contributed by atoms with Crippen molar-refractivity contribution in [3.05, 3.63) is 53.6 Å². The topological polar surface area (TPSA) is 150 Å². The highest BCUT2D eigenvalue weighted by Crippen LogP contribution is 2.44. The smallest absolute Gasteiger partial charge is 0.427 e. The molecule has 9 heteroatoms. The van der Waals surface area contributed by atoms with E-state index in [0.717, 1.165) is 18.2 Å². The van der Waals surface area contributed by atoms with Crippen LogP contribution in [0.5, 0.6) is 11.5 Å². The van der Waals surface area contributed by atoms with Crippen LogP contribution in [0.3, 0.4) is 0 Å². The number of anilines is 1. The van der Waals surface area contributed by atoms with E-state index in [1.54, 1.807) is 6.07 Å². The van der Waals surface area contributed by atoms with Gasteiger partial charge >= 0.3 is 7.75 Å². The van der Waals surface area contributed by atoms with Gasteiger partial charge in [-0.2, -0.15) is 0 Å². The van der Waals surface area contributed by atoms with E-state index in [1.165, 1.54) is 25.1 Å². The molecule has 2 aromatic carbocycles. The van der Waals surface area contributed by atoms with Crippen molar-refractivity contribution in [3.63, 3.8) is 0 Å². The molecule has 2 rings (SSSR count). The molecule has 0 saturated carbocycles. The first-order valence-corrected chi connectivity index (χ1v) is 8.53. The summed E-state index contributed by atoms with van der Waals surface area (Å²) in [6.45, 7) is 1.48. The van der Waals surface area contributed by atoms with Crippen LogP contribution in [0.1, 0.15) is 24.0 Å². The van der Waals surface area contributed by atoms with Crippen LogP contribution < -0.4 is 5.09 Å². The lowest BCUT2D eigenvalue weighted by molar-refractivity contribution is -0.184. The molecule has 2 aromatic rings. The quantitative estimate of drug-likeness (QED) is 0.315. The Morgan fingerprint density at radius 3 is 2.25 bits per heavy atom. The number of rotatable bonds is 5. The Morgan fingerprint density at radius 1 is 1.04 bits per heavy atom. The maximum Gasteiger partial charge on any atom is 0.427 e. The number of aromatic hydroxyl groups is 2. The van der Waals surface area contributed by atoms with Crippen molar-refractivity contribution < 1.29 is 34.8 Å². The van der Waals surface area contributed by atoms with Crippen molar-refractivity contribution >= 4 is 13.4 Å². The molecule has 8 nitrogen and oxygen atoms in total. The maximum absolute atomic E-state index is 11.2. The zero-order valence-corrected chi connectivity index (χ0v) is 13.6. The minimum absolute atomic E-state index is 0.0607. The van der Waals surface area contributed by atoms with Crippen LogP contribution in [0.2, 0.25) is 0 Å². The SMILES string of the molecule is CC(c1cccc(O)c1)C(O)(O)c1ccc(O)cc1NP(=O)(O)O. The molecule has 24 heavy (non-hydrogen) atoms. The van der Waals surface area contributed by atoms with Crippen LogP contribution in [0, 0.1) is 0 Å². The Kier molecular flexibility index (Phi) is 4.89. The molecule has 0 aromatic heterocycles. The molecule has 0 radical (unpaired) electrons. The standard InChI is InChI=1S/C15H18NO7P/c1-9(10-3-2-4-11(17)7-10)15(19,20)13-6-5-12(18)8-14(13)16-24(21,22)23/h2-9,17-20H,1H3,(H3,16,21,22,23). The van der Waals surface area contributed by atoms with Gasteiger partial charge in [0.25, 0.3) is 0 Å². The van der Waals surface area contributed by atoms with Crippen molar-refractivity contribution in [2.75, 3.05) is 5.09 Å². The van der Waals surface area contributed by atoms with Gasteiger partial charge in [0.2, 0.25) is 0 Å². The monoisotopic (exact) mass is 355 g/mol. The third kappa shape index (κ3) is 4.05. The van der Waals surface area contributed by atoms with Crippen molar-refractivity contribution in [3.8, 4) is 11.5 Å². The van der Waals surface area contributed by atoms with Gasteiger partial charge in [-0.15, -0.1) is 0 Å². The molecule has 1 unspecified atom stereocenters. The van der Waals surface area contributed by atoms with Crippen LogP contribution >= 0.6 is 7.75 Å². The largest absolute Gasteiger partial charge is 0.508 e. The van der Waals surface area contributed by atoms with Crippen molar-refractivity contribution in [2.45, 2.75) is 18.6 Å². The van der Waals surface area contributed by atoms with E-state index in [4.69, 9.17) is 9.79 Å². The Balaban J connectivity index is 2.50. The fourth-order valence-electron chi connectivity index (χ4n) is 2.36. The molecule has 7 N–H and O–H groups in total. The number of hydrogen-bond donors (Lipinski definition) is 7. The van der Waals surface area contributed by atoms with E-state index >= 15 is 0 Å². The molecule has 0 aliphatic heterocycles. The first-order valence-electron chi connectivity index (χ1n) is 6.91.